The molecule has 3 nitrogen and oxygen atoms in total. The number of hydrogen-bond acceptors (Lipinski definition) is 3. The molecule has 3 aliphatic carbocycles. The van der Waals surface area contributed by atoms with Gasteiger partial charge in [-0.15, -0.1) is 0 Å². The average Bonchev–Trinajstić information content (AvgIpc) is 3.01. The van der Waals surface area contributed by atoms with Gasteiger partial charge in [-0.2, -0.15) is 0 Å². The summed E-state index contributed by atoms with van der Waals surface area (Å²) >= 11 is 0. The molecule has 0 radical (unpaired) electrons. The first-order valence-corrected chi connectivity index (χ1v) is 15.3. The van der Waals surface area contributed by atoms with Crippen molar-refractivity contribution >= 4 is 17.1 Å². The SMILES string of the molecule is CN=C(C1CCCCC1)C1CCCCC1.CN=C(c1ccccc1)c1ccccc1.CN=C1CCCCC1. The summed E-state index contributed by atoms with van der Waals surface area (Å²) in [4.78, 5) is 13.2. The monoisotopic (exact) mass is 513 g/mol. The molecule has 38 heavy (non-hydrogen) atoms. The fourth-order valence-corrected chi connectivity index (χ4v) is 6.30. The molecule has 0 saturated heterocycles. The normalized spacial score (nSPS) is 18.1. The third-order valence-electron chi connectivity index (χ3n) is 8.37. The lowest BCUT2D eigenvalue weighted by molar-refractivity contribution is 0.387. The van der Waals surface area contributed by atoms with Crippen molar-refractivity contribution in [3.8, 4) is 0 Å². The van der Waals surface area contributed by atoms with Crippen LogP contribution in [0.4, 0.5) is 0 Å². The molecule has 206 valence electrons. The maximum absolute atomic E-state index is 4.65. The van der Waals surface area contributed by atoms with Crippen molar-refractivity contribution in [3.63, 3.8) is 0 Å². The van der Waals surface area contributed by atoms with Crippen molar-refractivity contribution in [3.05, 3.63) is 71.8 Å². The molecule has 0 aromatic heterocycles. The summed E-state index contributed by atoms with van der Waals surface area (Å²) in [5, 5.41) is 0. The minimum Gasteiger partial charge on any atom is -0.297 e. The highest BCUT2D eigenvalue weighted by Crippen LogP contribution is 2.33. The first-order chi connectivity index (χ1) is 18.8. The van der Waals surface area contributed by atoms with Gasteiger partial charge in [-0.25, -0.2) is 0 Å². The Labute approximate surface area is 233 Å². The Kier molecular flexibility index (Phi) is 14.1. The van der Waals surface area contributed by atoms with Crippen molar-refractivity contribution in [2.45, 2.75) is 96.3 Å². The molecule has 0 heterocycles. The van der Waals surface area contributed by atoms with Gasteiger partial charge in [0, 0.05) is 43.7 Å². The third kappa shape index (κ3) is 9.97. The zero-order chi connectivity index (χ0) is 26.8. The second kappa shape index (κ2) is 17.9. The summed E-state index contributed by atoms with van der Waals surface area (Å²) in [6.45, 7) is 0. The Balaban J connectivity index is 0.000000166. The topological polar surface area (TPSA) is 37.1 Å². The maximum Gasteiger partial charge on any atom is 0.0715 e. The van der Waals surface area contributed by atoms with Gasteiger partial charge in [-0.1, -0.05) is 106 Å². The van der Waals surface area contributed by atoms with Gasteiger partial charge in [0.1, 0.15) is 0 Å². The second-order valence-electron chi connectivity index (χ2n) is 11.0. The number of benzene rings is 2. The molecule has 3 heteroatoms. The van der Waals surface area contributed by atoms with Crippen molar-refractivity contribution in [2.24, 2.45) is 26.8 Å². The summed E-state index contributed by atoms with van der Waals surface area (Å²) in [6, 6.07) is 20.5. The van der Waals surface area contributed by atoms with Crippen LogP contribution in [0.1, 0.15) is 107 Å². The van der Waals surface area contributed by atoms with Crippen LogP contribution < -0.4 is 0 Å². The highest BCUT2D eigenvalue weighted by Gasteiger charge is 2.26. The minimum absolute atomic E-state index is 0.854. The van der Waals surface area contributed by atoms with Gasteiger partial charge in [-0.3, -0.25) is 15.0 Å². The van der Waals surface area contributed by atoms with Gasteiger partial charge >= 0.3 is 0 Å². The van der Waals surface area contributed by atoms with Crippen LogP contribution in [0.25, 0.3) is 0 Å². The molecule has 3 aliphatic rings. The molecular weight excluding hydrogens is 462 g/mol. The van der Waals surface area contributed by atoms with Gasteiger partial charge in [-0.05, 0) is 63.2 Å². The summed E-state index contributed by atoms with van der Waals surface area (Å²) in [6.07, 6.45) is 21.0. The lowest BCUT2D eigenvalue weighted by atomic mass is 9.76. The van der Waals surface area contributed by atoms with E-state index in [9.17, 15) is 0 Å². The fourth-order valence-electron chi connectivity index (χ4n) is 6.30. The first kappa shape index (κ1) is 30.0. The predicted octanol–water partition coefficient (Wildman–Crippen LogP) is 9.39. The first-order valence-electron chi connectivity index (χ1n) is 15.3. The Hall–Kier alpha value is -2.55. The van der Waals surface area contributed by atoms with Crippen LogP contribution >= 0.6 is 0 Å². The highest BCUT2D eigenvalue weighted by molar-refractivity contribution is 6.12. The molecule has 0 amide bonds. The van der Waals surface area contributed by atoms with E-state index >= 15 is 0 Å². The van der Waals surface area contributed by atoms with E-state index in [0.717, 1.165) is 28.7 Å². The van der Waals surface area contributed by atoms with E-state index in [1.807, 2.05) is 57.5 Å². The summed E-state index contributed by atoms with van der Waals surface area (Å²) in [5.41, 5.74) is 6.37. The van der Waals surface area contributed by atoms with E-state index in [-0.39, 0.29) is 0 Å². The summed E-state index contributed by atoms with van der Waals surface area (Å²) in [7, 11) is 5.76. The Morgan fingerprint density at radius 3 is 1.29 bits per heavy atom. The van der Waals surface area contributed by atoms with Gasteiger partial charge in [0.2, 0.25) is 0 Å². The van der Waals surface area contributed by atoms with Crippen LogP contribution in [0, 0.1) is 11.8 Å². The lowest BCUT2D eigenvalue weighted by Gasteiger charge is -2.31. The van der Waals surface area contributed by atoms with Crippen LogP contribution in [0.2, 0.25) is 0 Å². The highest BCUT2D eigenvalue weighted by atomic mass is 14.7. The van der Waals surface area contributed by atoms with Crippen molar-refractivity contribution in [1.29, 1.82) is 0 Å². The Bertz CT molecular complexity index is 909. The van der Waals surface area contributed by atoms with E-state index < -0.39 is 0 Å². The maximum atomic E-state index is 4.65. The Morgan fingerprint density at radius 2 is 0.947 bits per heavy atom. The lowest BCUT2D eigenvalue weighted by Crippen LogP contribution is -2.27. The zero-order valence-electron chi connectivity index (χ0n) is 24.4. The predicted molar refractivity (Wildman–Crippen MR) is 167 cm³/mol. The minimum atomic E-state index is 0.854. The molecular formula is C35H51N3. The van der Waals surface area contributed by atoms with Crippen molar-refractivity contribution < 1.29 is 0 Å². The van der Waals surface area contributed by atoms with E-state index in [0.29, 0.717) is 0 Å². The molecule has 0 N–H and O–H groups in total. The van der Waals surface area contributed by atoms with E-state index in [1.165, 1.54) is 102 Å². The molecule has 3 saturated carbocycles. The van der Waals surface area contributed by atoms with Gasteiger partial charge in [0.25, 0.3) is 0 Å². The number of aliphatic imine (C=N–C) groups is 3. The quantitative estimate of drug-likeness (QED) is 0.365. The van der Waals surface area contributed by atoms with Gasteiger partial charge in [0.05, 0.1) is 5.71 Å². The van der Waals surface area contributed by atoms with Gasteiger partial charge < -0.3 is 0 Å². The molecule has 3 fully saturated rings. The standard InChI is InChI=1S/C14H25N.C14H13N.C7H13N/c2*1-15-14(12-8-4-2-5-9-12)13-10-6-3-7-11-13;1-8-7-5-3-2-4-6-7/h12-13H,2-11H2,1H3;2-11H,1H3;2-6H2,1H3. The van der Waals surface area contributed by atoms with Crippen molar-refractivity contribution in [2.75, 3.05) is 21.1 Å². The van der Waals surface area contributed by atoms with Crippen molar-refractivity contribution in [1.82, 2.24) is 0 Å². The van der Waals surface area contributed by atoms with E-state index in [2.05, 4.69) is 39.2 Å². The largest absolute Gasteiger partial charge is 0.297 e. The third-order valence-corrected chi connectivity index (χ3v) is 8.37. The number of nitrogens with zero attached hydrogens (tertiary/aromatic N) is 3. The number of rotatable bonds is 4. The second-order valence-corrected chi connectivity index (χ2v) is 11.0. The molecule has 0 unspecified atom stereocenters. The van der Waals surface area contributed by atoms with Gasteiger partial charge in [0.15, 0.2) is 0 Å². The van der Waals surface area contributed by atoms with E-state index in [1.54, 1.807) is 5.71 Å². The fraction of sp³-hybridized carbons (Fsp3) is 0.571. The molecule has 0 spiro atoms. The summed E-state index contributed by atoms with van der Waals surface area (Å²) < 4.78 is 0. The molecule has 2 aromatic carbocycles. The molecule has 2 aromatic rings. The summed E-state index contributed by atoms with van der Waals surface area (Å²) in [5.74, 6) is 1.71. The van der Waals surface area contributed by atoms with Crippen LogP contribution in [0.3, 0.4) is 0 Å². The van der Waals surface area contributed by atoms with E-state index in [4.69, 9.17) is 0 Å². The molecule has 0 atom stereocenters. The zero-order valence-corrected chi connectivity index (χ0v) is 24.4. The molecule has 0 aliphatic heterocycles. The smallest absolute Gasteiger partial charge is 0.0715 e. The Morgan fingerprint density at radius 1 is 0.526 bits per heavy atom. The molecule has 5 rings (SSSR count). The van der Waals surface area contributed by atoms with Crippen LogP contribution in [-0.4, -0.2) is 38.3 Å². The van der Waals surface area contributed by atoms with Crippen LogP contribution in [0.5, 0.6) is 0 Å². The average molecular weight is 514 g/mol. The molecule has 0 bridgehead atoms. The van der Waals surface area contributed by atoms with Crippen LogP contribution in [0.15, 0.2) is 75.6 Å². The van der Waals surface area contributed by atoms with Crippen LogP contribution in [-0.2, 0) is 0 Å². The number of hydrogen-bond donors (Lipinski definition) is 0.